The predicted molar refractivity (Wildman–Crippen MR) is 141 cm³/mol. The van der Waals surface area contributed by atoms with Gasteiger partial charge in [-0.05, 0) is 108 Å². The van der Waals surface area contributed by atoms with Gasteiger partial charge >= 0.3 is 0 Å². The zero-order valence-corrected chi connectivity index (χ0v) is 24.0. The van der Waals surface area contributed by atoms with Crippen molar-refractivity contribution in [1.82, 2.24) is 16.0 Å². The first-order valence-electron chi connectivity index (χ1n) is 9.98. The molecule has 0 aromatic rings. The third-order valence-electron chi connectivity index (χ3n) is 6.38. The van der Waals surface area contributed by atoms with Crippen molar-refractivity contribution in [2.45, 2.75) is 52.4 Å². The second-order valence-electron chi connectivity index (χ2n) is 8.25. The van der Waals surface area contributed by atoms with Gasteiger partial charge in [-0.15, -0.1) is 67.9 Å². The summed E-state index contributed by atoms with van der Waals surface area (Å²) < 4.78 is 0. The predicted octanol–water partition coefficient (Wildman–Crippen LogP) is 4.27. The van der Waals surface area contributed by atoms with Gasteiger partial charge < -0.3 is 21.7 Å². The van der Waals surface area contributed by atoms with Gasteiger partial charge in [-0.2, -0.15) is 0 Å². The molecule has 0 aromatic carbocycles. The van der Waals surface area contributed by atoms with E-state index in [1.807, 2.05) is 0 Å². The van der Waals surface area contributed by atoms with Crippen LogP contribution in [0.25, 0.3) is 0 Å². The van der Waals surface area contributed by atoms with Crippen LogP contribution in [0.3, 0.4) is 0 Å². The normalized spacial score (nSPS) is 24.3. The fraction of sp³-hybridized carbons (Fsp3) is 1.00. The highest BCUT2D eigenvalue weighted by atomic mass is 79.9. The summed E-state index contributed by atoms with van der Waals surface area (Å²) in [7, 11) is 0. The molecule has 0 aromatic heterocycles. The lowest BCUT2D eigenvalue weighted by Crippen LogP contribution is -2.54. The molecule has 3 saturated carbocycles. The number of fused-ring (bicyclic) bond motifs is 2. The zero-order valence-electron chi connectivity index (χ0n) is 17.1. The summed E-state index contributed by atoms with van der Waals surface area (Å²) in [6.07, 6.45) is 7.96. The molecular weight excluding hydrogens is 604 g/mol. The Morgan fingerprint density at radius 1 is 0.778 bits per heavy atom. The molecule has 3 aliphatic rings. The number of nitrogens with one attached hydrogen (secondary N) is 3. The van der Waals surface area contributed by atoms with Crippen LogP contribution in [0, 0.1) is 23.2 Å². The van der Waals surface area contributed by atoms with Crippen LogP contribution in [0.1, 0.15) is 52.4 Å². The molecule has 27 heavy (non-hydrogen) atoms. The van der Waals surface area contributed by atoms with E-state index < -0.39 is 0 Å². The Morgan fingerprint density at radius 2 is 1.30 bits per heavy atom. The van der Waals surface area contributed by atoms with Gasteiger partial charge in [0.25, 0.3) is 0 Å². The minimum atomic E-state index is 0. The number of nitrogens with two attached hydrogens (primary N) is 1. The van der Waals surface area contributed by atoms with Crippen molar-refractivity contribution < 1.29 is 0 Å². The molecule has 4 nitrogen and oxygen atoms in total. The molecule has 0 heterocycles. The van der Waals surface area contributed by atoms with Gasteiger partial charge in [0.1, 0.15) is 0 Å². The lowest BCUT2D eigenvalue weighted by molar-refractivity contribution is -0.103. The Balaban J connectivity index is -0.00000144. The summed E-state index contributed by atoms with van der Waals surface area (Å²) in [6.45, 7) is 12.6. The van der Waals surface area contributed by atoms with Crippen molar-refractivity contribution in [2.75, 3.05) is 45.8 Å². The molecule has 5 N–H and O–H groups in total. The van der Waals surface area contributed by atoms with Gasteiger partial charge in [0, 0.05) is 0 Å². The summed E-state index contributed by atoms with van der Waals surface area (Å²) >= 11 is 0. The van der Waals surface area contributed by atoms with Crippen molar-refractivity contribution in [1.29, 1.82) is 0 Å². The van der Waals surface area contributed by atoms with Gasteiger partial charge in [-0.1, -0.05) is 13.8 Å². The smallest absolute Gasteiger partial charge is 0.00177 e. The first kappa shape index (κ1) is 33.4. The maximum atomic E-state index is 5.46. The van der Waals surface area contributed by atoms with Crippen LogP contribution < -0.4 is 21.7 Å². The molecule has 3 rings (SSSR count). The van der Waals surface area contributed by atoms with Crippen molar-refractivity contribution in [3.05, 3.63) is 0 Å². The summed E-state index contributed by atoms with van der Waals surface area (Å²) in [5, 5.41) is 10.7. The molecule has 168 valence electrons. The van der Waals surface area contributed by atoms with Gasteiger partial charge in [0.15, 0.2) is 0 Å². The largest absolute Gasteiger partial charge is 0.330 e. The molecule has 8 heteroatoms. The highest BCUT2D eigenvalue weighted by Crippen LogP contribution is 2.61. The molecule has 3 aliphatic carbocycles. The summed E-state index contributed by atoms with van der Waals surface area (Å²) in [5.74, 6) is 2.94. The van der Waals surface area contributed by atoms with E-state index in [2.05, 4.69) is 29.8 Å². The standard InChI is InChI=1S/C19H40N4.4BrH/c1-19(2)17-7-6-16(18(19)14-17)15-23-13-5-12-22-11-4-10-21-9-3-8-20;;;;/h16-18,21-23H,3-15,20H2,1-2H3;4*1H. The van der Waals surface area contributed by atoms with Crippen molar-refractivity contribution in [2.24, 2.45) is 28.9 Å². The van der Waals surface area contributed by atoms with Gasteiger partial charge in [0.05, 0.1) is 0 Å². The molecular formula is C19H44Br4N4. The van der Waals surface area contributed by atoms with E-state index in [0.29, 0.717) is 5.41 Å². The topological polar surface area (TPSA) is 62.1 Å². The average molecular weight is 648 g/mol. The number of rotatable bonds is 13. The van der Waals surface area contributed by atoms with Crippen LogP contribution in [0.4, 0.5) is 0 Å². The van der Waals surface area contributed by atoms with Crippen LogP contribution in [-0.2, 0) is 0 Å². The number of hydrogen-bond acceptors (Lipinski definition) is 4. The average Bonchev–Trinajstić information content (AvgIpc) is 2.56. The molecule has 0 spiro atoms. The minimum Gasteiger partial charge on any atom is -0.330 e. The Hall–Kier alpha value is 1.76. The third-order valence-corrected chi connectivity index (χ3v) is 6.38. The lowest BCUT2D eigenvalue weighted by Gasteiger charge is -2.60. The fourth-order valence-electron chi connectivity index (χ4n) is 4.65. The molecule has 3 fully saturated rings. The quantitative estimate of drug-likeness (QED) is 0.226. The highest BCUT2D eigenvalue weighted by Gasteiger charge is 2.53. The Labute approximate surface area is 209 Å². The summed E-state index contributed by atoms with van der Waals surface area (Å²) in [4.78, 5) is 0. The first-order valence-corrected chi connectivity index (χ1v) is 9.98. The van der Waals surface area contributed by atoms with E-state index in [1.165, 1.54) is 38.6 Å². The van der Waals surface area contributed by atoms with E-state index in [0.717, 1.165) is 63.4 Å². The van der Waals surface area contributed by atoms with E-state index in [4.69, 9.17) is 5.73 Å². The Kier molecular flexibility index (Phi) is 22.9. The van der Waals surface area contributed by atoms with E-state index in [-0.39, 0.29) is 67.9 Å². The van der Waals surface area contributed by atoms with E-state index in [1.54, 1.807) is 0 Å². The van der Waals surface area contributed by atoms with Crippen LogP contribution in [-0.4, -0.2) is 45.8 Å². The molecule has 2 bridgehead atoms. The zero-order chi connectivity index (χ0) is 16.5. The second-order valence-corrected chi connectivity index (χ2v) is 8.25. The molecule has 0 saturated heterocycles. The summed E-state index contributed by atoms with van der Waals surface area (Å²) in [5.41, 5.74) is 6.09. The number of hydrogen-bond donors (Lipinski definition) is 4. The van der Waals surface area contributed by atoms with Gasteiger partial charge in [0.2, 0.25) is 0 Å². The molecule has 0 amide bonds. The molecule has 0 radical (unpaired) electrons. The van der Waals surface area contributed by atoms with Gasteiger partial charge in [-0.3, -0.25) is 0 Å². The SMILES string of the molecule is Br.Br.Br.Br.CC1(C)C2CCC(CNCCCNCCCNCCCN)C1C2. The van der Waals surface area contributed by atoms with Crippen molar-refractivity contribution in [3.8, 4) is 0 Å². The second kappa shape index (κ2) is 18.5. The molecule has 3 atom stereocenters. The lowest BCUT2D eigenvalue weighted by atomic mass is 9.45. The molecule has 3 unspecified atom stereocenters. The van der Waals surface area contributed by atoms with Gasteiger partial charge in [-0.25, -0.2) is 0 Å². The first-order chi connectivity index (χ1) is 11.2. The maximum Gasteiger partial charge on any atom is -0.00177 e. The van der Waals surface area contributed by atoms with Crippen LogP contribution in [0.15, 0.2) is 0 Å². The van der Waals surface area contributed by atoms with E-state index >= 15 is 0 Å². The monoisotopic (exact) mass is 644 g/mol. The fourth-order valence-corrected chi connectivity index (χ4v) is 4.65. The minimum absolute atomic E-state index is 0. The third kappa shape index (κ3) is 11.1. The van der Waals surface area contributed by atoms with Crippen LogP contribution in [0.5, 0.6) is 0 Å². The Bertz CT molecular complexity index is 333. The van der Waals surface area contributed by atoms with Crippen LogP contribution in [0.2, 0.25) is 0 Å². The maximum absolute atomic E-state index is 5.46. The molecule has 0 aliphatic heterocycles. The van der Waals surface area contributed by atoms with Crippen molar-refractivity contribution >= 4 is 67.9 Å². The number of halogens is 4. The highest BCUT2D eigenvalue weighted by molar-refractivity contribution is 8.93. The van der Waals surface area contributed by atoms with Crippen LogP contribution >= 0.6 is 67.9 Å². The van der Waals surface area contributed by atoms with E-state index in [9.17, 15) is 0 Å². The van der Waals surface area contributed by atoms with Crippen molar-refractivity contribution in [3.63, 3.8) is 0 Å². The Morgan fingerprint density at radius 3 is 1.78 bits per heavy atom. The summed E-state index contributed by atoms with van der Waals surface area (Å²) in [6, 6.07) is 0.